The number of hydrogen-bond acceptors (Lipinski definition) is 3. The molecule has 2 aliphatic rings. The second-order valence-corrected chi connectivity index (χ2v) is 5.73. The number of likely N-dealkylation sites (N-methyl/N-ethyl adjacent to an activating group) is 1. The van der Waals surface area contributed by atoms with Crippen molar-refractivity contribution in [1.82, 2.24) is 4.90 Å². The summed E-state index contributed by atoms with van der Waals surface area (Å²) < 4.78 is 5.22. The minimum absolute atomic E-state index is 0.0711. The summed E-state index contributed by atoms with van der Waals surface area (Å²) in [4.78, 5) is 25.2. The Morgan fingerprint density at radius 3 is 2.44 bits per heavy atom. The number of carbonyl (C=O) groups is 2. The summed E-state index contributed by atoms with van der Waals surface area (Å²) in [5, 5.41) is 9.13. The lowest BCUT2D eigenvalue weighted by Crippen LogP contribution is -2.49. The summed E-state index contributed by atoms with van der Waals surface area (Å²) in [5.74, 6) is -1.40. The summed E-state index contributed by atoms with van der Waals surface area (Å²) in [6, 6.07) is -0.326. The van der Waals surface area contributed by atoms with E-state index in [1.807, 2.05) is 6.92 Å². The Morgan fingerprint density at radius 2 is 1.89 bits per heavy atom. The standard InChI is InChI=1S/C13H21NO4/c1-13(5-3-4-6-13)12(17)14(2)10-8-18-7-9(10)11(15)16/h9-10H,3-8H2,1-2H3,(H,15,16). The Hall–Kier alpha value is -1.10. The molecule has 0 bridgehead atoms. The van der Waals surface area contributed by atoms with E-state index in [1.54, 1.807) is 11.9 Å². The van der Waals surface area contributed by atoms with Crippen molar-refractivity contribution in [1.29, 1.82) is 0 Å². The van der Waals surface area contributed by atoms with E-state index in [-0.39, 0.29) is 24.0 Å². The van der Waals surface area contributed by atoms with Crippen LogP contribution in [0.25, 0.3) is 0 Å². The molecule has 0 radical (unpaired) electrons. The molecule has 1 heterocycles. The minimum atomic E-state index is -0.881. The molecule has 0 aromatic carbocycles. The lowest BCUT2D eigenvalue weighted by molar-refractivity contribution is -0.147. The van der Waals surface area contributed by atoms with Crippen molar-refractivity contribution in [3.8, 4) is 0 Å². The van der Waals surface area contributed by atoms with Gasteiger partial charge >= 0.3 is 5.97 Å². The molecule has 2 unspecified atom stereocenters. The summed E-state index contributed by atoms with van der Waals surface area (Å²) >= 11 is 0. The lowest BCUT2D eigenvalue weighted by Gasteiger charge is -2.33. The van der Waals surface area contributed by atoms with Gasteiger partial charge in [-0.3, -0.25) is 9.59 Å². The number of carbonyl (C=O) groups excluding carboxylic acids is 1. The van der Waals surface area contributed by atoms with E-state index in [0.29, 0.717) is 6.61 Å². The van der Waals surface area contributed by atoms with Crippen molar-refractivity contribution in [3.05, 3.63) is 0 Å². The van der Waals surface area contributed by atoms with Gasteiger partial charge in [0.25, 0.3) is 0 Å². The van der Waals surface area contributed by atoms with Crippen molar-refractivity contribution in [3.63, 3.8) is 0 Å². The van der Waals surface area contributed by atoms with Crippen LogP contribution in [0.1, 0.15) is 32.6 Å². The van der Waals surface area contributed by atoms with E-state index in [2.05, 4.69) is 0 Å². The van der Waals surface area contributed by atoms with Crippen LogP contribution in [0.2, 0.25) is 0 Å². The molecule has 0 spiro atoms. The van der Waals surface area contributed by atoms with E-state index in [9.17, 15) is 9.59 Å². The first-order chi connectivity index (χ1) is 8.46. The zero-order valence-corrected chi connectivity index (χ0v) is 11.0. The fourth-order valence-corrected chi connectivity index (χ4v) is 3.11. The Labute approximate surface area is 107 Å². The van der Waals surface area contributed by atoms with E-state index >= 15 is 0 Å². The first-order valence-corrected chi connectivity index (χ1v) is 6.53. The highest BCUT2D eigenvalue weighted by atomic mass is 16.5. The number of amides is 1. The Balaban J connectivity index is 2.08. The Bertz CT molecular complexity index is 349. The highest BCUT2D eigenvalue weighted by molar-refractivity contribution is 5.83. The highest BCUT2D eigenvalue weighted by Gasteiger charge is 2.44. The van der Waals surface area contributed by atoms with Crippen LogP contribution in [0.15, 0.2) is 0 Å². The molecule has 1 saturated carbocycles. The predicted molar refractivity (Wildman–Crippen MR) is 65.1 cm³/mol. The fraction of sp³-hybridized carbons (Fsp3) is 0.846. The first-order valence-electron chi connectivity index (χ1n) is 6.53. The average Bonchev–Trinajstić information content (AvgIpc) is 2.96. The van der Waals surface area contributed by atoms with Crippen molar-refractivity contribution in [2.75, 3.05) is 20.3 Å². The summed E-state index contributed by atoms with van der Waals surface area (Å²) in [7, 11) is 1.71. The van der Waals surface area contributed by atoms with Crippen LogP contribution in [-0.4, -0.2) is 48.2 Å². The number of rotatable bonds is 3. The Kier molecular flexibility index (Phi) is 3.61. The van der Waals surface area contributed by atoms with Crippen LogP contribution in [0.4, 0.5) is 0 Å². The average molecular weight is 255 g/mol. The molecule has 1 saturated heterocycles. The smallest absolute Gasteiger partial charge is 0.311 e. The van der Waals surface area contributed by atoms with Crippen LogP contribution in [0.5, 0.6) is 0 Å². The van der Waals surface area contributed by atoms with E-state index in [4.69, 9.17) is 9.84 Å². The molecule has 1 aliphatic carbocycles. The molecule has 2 rings (SSSR count). The molecular formula is C13H21NO4. The summed E-state index contributed by atoms with van der Waals surface area (Å²) in [6.45, 7) is 2.52. The third kappa shape index (κ3) is 2.23. The third-order valence-electron chi connectivity index (χ3n) is 4.41. The molecule has 5 heteroatoms. The molecule has 0 aromatic rings. The van der Waals surface area contributed by atoms with E-state index < -0.39 is 11.9 Å². The van der Waals surface area contributed by atoms with Crippen LogP contribution in [-0.2, 0) is 14.3 Å². The number of nitrogens with zero attached hydrogens (tertiary/aromatic N) is 1. The second kappa shape index (κ2) is 4.88. The van der Waals surface area contributed by atoms with Gasteiger partial charge in [0.15, 0.2) is 0 Å². The molecule has 0 aromatic heterocycles. The van der Waals surface area contributed by atoms with Crippen LogP contribution in [0.3, 0.4) is 0 Å². The van der Waals surface area contributed by atoms with Gasteiger partial charge in [0.1, 0.15) is 5.92 Å². The molecule has 1 amide bonds. The molecule has 5 nitrogen and oxygen atoms in total. The van der Waals surface area contributed by atoms with Crippen LogP contribution < -0.4 is 0 Å². The molecule has 2 fully saturated rings. The number of hydrogen-bond donors (Lipinski definition) is 1. The second-order valence-electron chi connectivity index (χ2n) is 5.73. The zero-order valence-electron chi connectivity index (χ0n) is 11.0. The highest BCUT2D eigenvalue weighted by Crippen LogP contribution is 2.39. The van der Waals surface area contributed by atoms with Crippen molar-refractivity contribution in [2.45, 2.75) is 38.6 Å². The van der Waals surface area contributed by atoms with E-state index in [1.165, 1.54) is 0 Å². The van der Waals surface area contributed by atoms with Crippen LogP contribution >= 0.6 is 0 Å². The topological polar surface area (TPSA) is 66.8 Å². The normalized spacial score (nSPS) is 30.3. The van der Waals surface area contributed by atoms with Gasteiger partial charge in [-0.2, -0.15) is 0 Å². The SMILES string of the molecule is CN(C(=O)C1(C)CCCC1)C1COCC1C(=O)O. The summed E-state index contributed by atoms with van der Waals surface area (Å²) in [5.41, 5.74) is -0.305. The van der Waals surface area contributed by atoms with Crippen molar-refractivity contribution < 1.29 is 19.4 Å². The molecule has 18 heavy (non-hydrogen) atoms. The number of aliphatic carboxylic acids is 1. The number of carboxylic acid groups (broad SMARTS) is 1. The maximum Gasteiger partial charge on any atom is 0.311 e. The molecule has 1 aliphatic heterocycles. The fourth-order valence-electron chi connectivity index (χ4n) is 3.11. The maximum atomic E-state index is 12.5. The van der Waals surface area contributed by atoms with E-state index in [0.717, 1.165) is 25.7 Å². The van der Waals surface area contributed by atoms with Crippen LogP contribution in [0, 0.1) is 11.3 Å². The number of ether oxygens (including phenoxy) is 1. The number of carboxylic acids is 1. The quantitative estimate of drug-likeness (QED) is 0.820. The zero-order chi connectivity index (χ0) is 13.3. The van der Waals surface area contributed by atoms with Gasteiger partial charge in [0.2, 0.25) is 5.91 Å². The van der Waals surface area contributed by atoms with Gasteiger partial charge in [-0.15, -0.1) is 0 Å². The molecule has 1 N–H and O–H groups in total. The Morgan fingerprint density at radius 1 is 1.28 bits per heavy atom. The van der Waals surface area contributed by atoms with Crippen molar-refractivity contribution >= 4 is 11.9 Å². The first kappa shape index (κ1) is 13.3. The minimum Gasteiger partial charge on any atom is -0.481 e. The lowest BCUT2D eigenvalue weighted by atomic mass is 9.86. The van der Waals surface area contributed by atoms with Gasteiger partial charge in [-0.05, 0) is 12.8 Å². The maximum absolute atomic E-state index is 12.5. The molecule has 2 atom stereocenters. The predicted octanol–water partition coefficient (Wildman–Crippen LogP) is 1.12. The molecule has 102 valence electrons. The van der Waals surface area contributed by atoms with Gasteiger partial charge in [0.05, 0.1) is 19.3 Å². The van der Waals surface area contributed by atoms with Gasteiger partial charge < -0.3 is 14.7 Å². The monoisotopic (exact) mass is 255 g/mol. The summed E-state index contributed by atoms with van der Waals surface area (Å²) in [6.07, 6.45) is 3.97. The third-order valence-corrected chi connectivity index (χ3v) is 4.41. The van der Waals surface area contributed by atoms with Gasteiger partial charge in [-0.1, -0.05) is 19.8 Å². The van der Waals surface area contributed by atoms with Crippen molar-refractivity contribution in [2.24, 2.45) is 11.3 Å². The van der Waals surface area contributed by atoms with Gasteiger partial charge in [0, 0.05) is 12.5 Å². The van der Waals surface area contributed by atoms with Gasteiger partial charge in [-0.25, -0.2) is 0 Å². The largest absolute Gasteiger partial charge is 0.481 e. The molecular weight excluding hydrogens is 234 g/mol.